The van der Waals surface area contributed by atoms with Gasteiger partial charge in [-0.2, -0.15) is 0 Å². The number of benzene rings is 1. The summed E-state index contributed by atoms with van der Waals surface area (Å²) in [5.41, 5.74) is -1.06. The van der Waals surface area contributed by atoms with Gasteiger partial charge in [0.15, 0.2) is 6.61 Å². The molecule has 1 aromatic carbocycles. The molecule has 0 aliphatic heterocycles. The van der Waals surface area contributed by atoms with Crippen LogP contribution in [0.1, 0.15) is 38.5 Å². The minimum atomic E-state index is -0.743. The van der Waals surface area contributed by atoms with Crippen molar-refractivity contribution < 1.29 is 23.8 Å². The van der Waals surface area contributed by atoms with Crippen molar-refractivity contribution in [3.8, 4) is 0 Å². The summed E-state index contributed by atoms with van der Waals surface area (Å²) >= 11 is 0. The quantitative estimate of drug-likeness (QED) is 0.821. The Bertz CT molecular complexity index is 705. The fraction of sp³-hybridized carbons (Fsp3) is 0.579. The number of carbonyl (C=O) groups excluding carboxylic acids is 2. The monoisotopic (exact) mass is 347 g/mol. The molecule has 6 heteroatoms. The van der Waals surface area contributed by atoms with E-state index in [0.29, 0.717) is 23.9 Å². The molecular formula is C19H22FNO4. The van der Waals surface area contributed by atoms with Crippen LogP contribution in [0, 0.1) is 23.1 Å². The average Bonchev–Trinajstić information content (AvgIpc) is 2.50. The van der Waals surface area contributed by atoms with Crippen LogP contribution in [-0.2, 0) is 14.3 Å². The Balaban J connectivity index is 1.37. The molecule has 5 rings (SSSR count). The highest BCUT2D eigenvalue weighted by atomic mass is 19.1. The van der Waals surface area contributed by atoms with E-state index in [1.165, 1.54) is 18.2 Å². The van der Waals surface area contributed by atoms with Crippen LogP contribution in [0.3, 0.4) is 0 Å². The smallest absolute Gasteiger partial charge is 0.312 e. The summed E-state index contributed by atoms with van der Waals surface area (Å²) in [7, 11) is 0. The van der Waals surface area contributed by atoms with Gasteiger partial charge < -0.3 is 15.2 Å². The van der Waals surface area contributed by atoms with Gasteiger partial charge >= 0.3 is 5.97 Å². The van der Waals surface area contributed by atoms with Crippen LogP contribution < -0.4 is 5.32 Å². The van der Waals surface area contributed by atoms with Crippen LogP contribution in [0.5, 0.6) is 0 Å². The van der Waals surface area contributed by atoms with Crippen molar-refractivity contribution in [1.82, 2.24) is 0 Å². The number of ether oxygens (including phenoxy) is 1. The van der Waals surface area contributed by atoms with Crippen LogP contribution in [-0.4, -0.2) is 29.2 Å². The Morgan fingerprint density at radius 1 is 1.24 bits per heavy atom. The number of carbonyl (C=O) groups is 2. The summed E-state index contributed by atoms with van der Waals surface area (Å²) in [6.45, 7) is -0.398. The zero-order valence-corrected chi connectivity index (χ0v) is 14.0. The Labute approximate surface area is 145 Å². The number of hydrogen-bond acceptors (Lipinski definition) is 4. The number of halogens is 1. The van der Waals surface area contributed by atoms with Gasteiger partial charge in [-0.15, -0.1) is 0 Å². The molecule has 1 amide bonds. The molecule has 0 radical (unpaired) electrons. The minimum Gasteiger partial charge on any atom is -0.455 e. The molecule has 4 fully saturated rings. The van der Waals surface area contributed by atoms with E-state index in [1.54, 1.807) is 6.07 Å². The maximum Gasteiger partial charge on any atom is 0.312 e. The highest BCUT2D eigenvalue weighted by Crippen LogP contribution is 2.61. The molecule has 0 aromatic heterocycles. The summed E-state index contributed by atoms with van der Waals surface area (Å²) in [5.74, 6) is -0.576. The SMILES string of the molecule is O=C(COC(=O)C12C[C@H]3C[C@@H](CC(O)(C3)C1)C2)Nc1cccc(F)c1. The zero-order valence-electron chi connectivity index (χ0n) is 14.0. The molecule has 4 aliphatic carbocycles. The number of esters is 1. The van der Waals surface area contributed by atoms with Gasteiger partial charge in [0.2, 0.25) is 0 Å². The highest BCUT2D eigenvalue weighted by Gasteiger charge is 2.60. The van der Waals surface area contributed by atoms with Gasteiger partial charge in [0.1, 0.15) is 5.82 Å². The second-order valence-electron chi connectivity index (χ2n) is 8.10. The maximum absolute atomic E-state index is 13.1. The van der Waals surface area contributed by atoms with Crippen LogP contribution in [0.15, 0.2) is 24.3 Å². The fourth-order valence-electron chi connectivity index (χ4n) is 5.50. The first-order valence-corrected chi connectivity index (χ1v) is 8.81. The third kappa shape index (κ3) is 3.15. The summed E-state index contributed by atoms with van der Waals surface area (Å²) in [5, 5.41) is 13.2. The number of aliphatic hydroxyl groups is 1. The molecule has 0 unspecified atom stereocenters. The van der Waals surface area contributed by atoms with E-state index in [0.717, 1.165) is 32.1 Å². The van der Waals surface area contributed by atoms with Crippen molar-refractivity contribution in [3.05, 3.63) is 30.1 Å². The number of amides is 1. The van der Waals surface area contributed by atoms with Gasteiger partial charge in [-0.05, 0) is 68.6 Å². The Morgan fingerprint density at radius 2 is 1.96 bits per heavy atom. The molecule has 2 N–H and O–H groups in total. The van der Waals surface area contributed by atoms with E-state index in [9.17, 15) is 19.1 Å². The summed E-state index contributed by atoms with van der Waals surface area (Å²) in [6, 6.07) is 5.55. The molecule has 0 spiro atoms. The molecule has 0 heterocycles. The van der Waals surface area contributed by atoms with Crippen molar-refractivity contribution in [2.24, 2.45) is 17.3 Å². The molecule has 2 atom stereocenters. The summed E-state index contributed by atoms with van der Waals surface area (Å²) in [4.78, 5) is 24.6. The largest absolute Gasteiger partial charge is 0.455 e. The van der Waals surface area contributed by atoms with Gasteiger partial charge in [-0.25, -0.2) is 4.39 Å². The second-order valence-corrected chi connectivity index (χ2v) is 8.10. The number of hydrogen-bond donors (Lipinski definition) is 2. The van der Waals surface area contributed by atoms with Gasteiger partial charge in [0, 0.05) is 5.69 Å². The van der Waals surface area contributed by atoms with E-state index >= 15 is 0 Å². The van der Waals surface area contributed by atoms with Crippen LogP contribution in [0.25, 0.3) is 0 Å². The van der Waals surface area contributed by atoms with Crippen LogP contribution in [0.2, 0.25) is 0 Å². The average molecular weight is 347 g/mol. The lowest BCUT2D eigenvalue weighted by Crippen LogP contribution is -2.58. The molecule has 5 nitrogen and oxygen atoms in total. The third-order valence-electron chi connectivity index (χ3n) is 5.91. The Morgan fingerprint density at radius 3 is 2.60 bits per heavy atom. The van der Waals surface area contributed by atoms with E-state index in [4.69, 9.17) is 4.74 Å². The van der Waals surface area contributed by atoms with E-state index in [2.05, 4.69) is 5.32 Å². The highest BCUT2D eigenvalue weighted by molar-refractivity contribution is 5.93. The molecule has 4 bridgehead atoms. The summed E-state index contributed by atoms with van der Waals surface area (Å²) in [6.07, 6.45) is 4.57. The number of rotatable bonds is 4. The van der Waals surface area contributed by atoms with Gasteiger partial charge in [0.25, 0.3) is 5.91 Å². The topological polar surface area (TPSA) is 75.6 Å². The molecule has 4 saturated carbocycles. The molecule has 134 valence electrons. The van der Waals surface area contributed by atoms with E-state index in [-0.39, 0.29) is 5.97 Å². The molecule has 4 aliphatic rings. The standard InChI is InChI=1S/C19H22FNO4/c20-14-2-1-3-15(5-14)21-16(22)10-25-17(23)18-6-12-4-13(7-18)9-19(24,8-12)11-18/h1-3,5,12-13,24H,4,6-11H2,(H,21,22)/t12-,13-,18?,19?/m1/s1. The minimum absolute atomic E-state index is 0.324. The van der Waals surface area contributed by atoms with Gasteiger partial charge in [-0.1, -0.05) is 6.07 Å². The summed E-state index contributed by atoms with van der Waals surface area (Å²) < 4.78 is 18.4. The molecule has 1 aromatic rings. The van der Waals surface area contributed by atoms with Crippen molar-refractivity contribution in [2.45, 2.75) is 44.1 Å². The third-order valence-corrected chi connectivity index (χ3v) is 5.91. The van der Waals surface area contributed by atoms with Gasteiger partial charge in [-0.3, -0.25) is 9.59 Å². The zero-order chi connectivity index (χ0) is 17.7. The first kappa shape index (κ1) is 16.5. The van der Waals surface area contributed by atoms with Crippen molar-refractivity contribution in [3.63, 3.8) is 0 Å². The maximum atomic E-state index is 13.1. The van der Waals surface area contributed by atoms with E-state index in [1.807, 2.05) is 0 Å². The normalized spacial score (nSPS) is 35.4. The second kappa shape index (κ2) is 5.80. The lowest BCUT2D eigenvalue weighted by Gasteiger charge is -2.58. The lowest BCUT2D eigenvalue weighted by atomic mass is 9.48. The molecular weight excluding hydrogens is 325 g/mol. The Hall–Kier alpha value is -1.95. The number of anilines is 1. The predicted octanol–water partition coefficient (Wildman–Crippen LogP) is 2.64. The lowest BCUT2D eigenvalue weighted by molar-refractivity contribution is -0.196. The van der Waals surface area contributed by atoms with Crippen molar-refractivity contribution in [2.75, 3.05) is 11.9 Å². The Kier molecular flexibility index (Phi) is 3.83. The molecule has 0 saturated heterocycles. The molecule has 25 heavy (non-hydrogen) atoms. The first-order valence-electron chi connectivity index (χ1n) is 8.81. The first-order chi connectivity index (χ1) is 11.9. The number of nitrogens with one attached hydrogen (secondary N) is 1. The van der Waals surface area contributed by atoms with E-state index < -0.39 is 29.3 Å². The fourth-order valence-corrected chi connectivity index (χ4v) is 5.50. The predicted molar refractivity (Wildman–Crippen MR) is 88.1 cm³/mol. The van der Waals surface area contributed by atoms with Crippen LogP contribution >= 0.6 is 0 Å². The van der Waals surface area contributed by atoms with Crippen molar-refractivity contribution >= 4 is 17.6 Å². The van der Waals surface area contributed by atoms with Crippen LogP contribution in [0.4, 0.5) is 10.1 Å². The van der Waals surface area contributed by atoms with Crippen molar-refractivity contribution in [1.29, 1.82) is 0 Å². The van der Waals surface area contributed by atoms with Gasteiger partial charge in [0.05, 0.1) is 11.0 Å².